The average molecular weight is 462 g/mol. The SMILES string of the molecule is O=C(Nc1nc(-c2ccccc2)cs1)C1CCN(S(=O)(=O)c2ccc(Cl)cc2)CC1. The van der Waals surface area contributed by atoms with E-state index in [-0.39, 0.29) is 16.7 Å². The van der Waals surface area contributed by atoms with Crippen LogP contribution in [0.3, 0.4) is 0 Å². The number of hydrogen-bond acceptors (Lipinski definition) is 5. The number of hydrogen-bond donors (Lipinski definition) is 1. The van der Waals surface area contributed by atoms with Crippen molar-refractivity contribution in [3.05, 3.63) is 65.0 Å². The molecule has 30 heavy (non-hydrogen) atoms. The van der Waals surface area contributed by atoms with Gasteiger partial charge in [-0.2, -0.15) is 4.31 Å². The maximum atomic E-state index is 12.8. The molecule has 0 aliphatic carbocycles. The fraction of sp³-hybridized carbons (Fsp3) is 0.238. The Morgan fingerprint density at radius 2 is 1.73 bits per heavy atom. The second-order valence-electron chi connectivity index (χ2n) is 7.03. The number of sulfonamides is 1. The van der Waals surface area contributed by atoms with Crippen LogP contribution in [-0.2, 0) is 14.8 Å². The lowest BCUT2D eigenvalue weighted by atomic mass is 9.97. The normalized spacial score (nSPS) is 15.8. The molecular weight excluding hydrogens is 442 g/mol. The van der Waals surface area contributed by atoms with Crippen LogP contribution in [0.25, 0.3) is 11.3 Å². The molecule has 0 atom stereocenters. The van der Waals surface area contributed by atoms with Crippen LogP contribution in [0.5, 0.6) is 0 Å². The summed E-state index contributed by atoms with van der Waals surface area (Å²) < 4.78 is 27.0. The Morgan fingerprint density at radius 3 is 2.40 bits per heavy atom. The van der Waals surface area contributed by atoms with Gasteiger partial charge in [0.05, 0.1) is 10.6 Å². The van der Waals surface area contributed by atoms with Crippen LogP contribution in [0.2, 0.25) is 5.02 Å². The van der Waals surface area contributed by atoms with Crippen molar-refractivity contribution < 1.29 is 13.2 Å². The van der Waals surface area contributed by atoms with Crippen molar-refractivity contribution in [2.45, 2.75) is 17.7 Å². The standard InChI is InChI=1S/C21H20ClN3O3S2/c22-17-6-8-18(9-7-17)30(27,28)25-12-10-16(11-13-25)20(26)24-21-23-19(14-29-21)15-4-2-1-3-5-15/h1-9,14,16H,10-13H2,(H,23,24,26). The molecule has 3 aromatic rings. The third-order valence-electron chi connectivity index (χ3n) is 5.08. The van der Waals surface area contributed by atoms with E-state index in [4.69, 9.17) is 11.6 Å². The smallest absolute Gasteiger partial charge is 0.243 e. The zero-order valence-corrected chi connectivity index (χ0v) is 18.4. The summed E-state index contributed by atoms with van der Waals surface area (Å²) in [5.41, 5.74) is 1.81. The van der Waals surface area contributed by atoms with Gasteiger partial charge >= 0.3 is 0 Å². The highest BCUT2D eigenvalue weighted by Crippen LogP contribution is 2.28. The van der Waals surface area contributed by atoms with Gasteiger partial charge in [0.1, 0.15) is 0 Å². The number of aromatic nitrogens is 1. The molecule has 156 valence electrons. The van der Waals surface area contributed by atoms with Gasteiger partial charge in [-0.15, -0.1) is 11.3 Å². The molecule has 1 aliphatic heterocycles. The molecule has 1 N–H and O–H groups in total. The molecular formula is C21H20ClN3O3S2. The first kappa shape index (κ1) is 21.0. The van der Waals surface area contributed by atoms with E-state index in [0.717, 1.165) is 11.3 Å². The fourth-order valence-corrected chi connectivity index (χ4v) is 5.71. The number of thiazole rings is 1. The minimum absolute atomic E-state index is 0.118. The molecule has 2 aromatic carbocycles. The molecule has 9 heteroatoms. The van der Waals surface area contributed by atoms with Gasteiger partial charge in [0, 0.05) is 35.0 Å². The summed E-state index contributed by atoms with van der Waals surface area (Å²) >= 11 is 7.23. The first-order chi connectivity index (χ1) is 14.4. The van der Waals surface area contributed by atoms with Crippen molar-refractivity contribution in [1.82, 2.24) is 9.29 Å². The Labute approximate surface area is 184 Å². The van der Waals surface area contributed by atoms with E-state index >= 15 is 0 Å². The topological polar surface area (TPSA) is 79.4 Å². The zero-order valence-electron chi connectivity index (χ0n) is 16.0. The summed E-state index contributed by atoms with van der Waals surface area (Å²) in [4.78, 5) is 17.3. The Balaban J connectivity index is 1.36. The van der Waals surface area contributed by atoms with E-state index in [1.165, 1.54) is 27.8 Å². The highest BCUT2D eigenvalue weighted by molar-refractivity contribution is 7.89. The van der Waals surface area contributed by atoms with Crippen molar-refractivity contribution in [2.75, 3.05) is 18.4 Å². The Hall–Kier alpha value is -2.26. The van der Waals surface area contributed by atoms with Crippen molar-refractivity contribution in [3.8, 4) is 11.3 Å². The predicted molar refractivity (Wildman–Crippen MR) is 119 cm³/mol. The number of piperidine rings is 1. The number of rotatable bonds is 5. The Kier molecular flexibility index (Phi) is 6.19. The summed E-state index contributed by atoms with van der Waals surface area (Å²) in [5.74, 6) is -0.363. The molecule has 0 unspecified atom stereocenters. The van der Waals surface area contributed by atoms with E-state index in [1.54, 1.807) is 12.1 Å². The molecule has 1 aliphatic rings. The number of nitrogens with one attached hydrogen (secondary N) is 1. The highest BCUT2D eigenvalue weighted by atomic mass is 35.5. The van der Waals surface area contributed by atoms with E-state index in [1.807, 2.05) is 35.7 Å². The number of nitrogens with zero attached hydrogens (tertiary/aromatic N) is 2. The van der Waals surface area contributed by atoms with E-state index in [2.05, 4.69) is 10.3 Å². The summed E-state index contributed by atoms with van der Waals surface area (Å²) in [6, 6.07) is 15.9. The zero-order chi connectivity index (χ0) is 21.1. The molecule has 2 heterocycles. The van der Waals surface area contributed by atoms with Crippen LogP contribution in [0.1, 0.15) is 12.8 Å². The lowest BCUT2D eigenvalue weighted by molar-refractivity contribution is -0.120. The minimum Gasteiger partial charge on any atom is -0.302 e. The quantitative estimate of drug-likeness (QED) is 0.606. The summed E-state index contributed by atoms with van der Waals surface area (Å²) in [7, 11) is -3.58. The Bertz CT molecular complexity index is 1120. The second-order valence-corrected chi connectivity index (χ2v) is 10.3. The van der Waals surface area contributed by atoms with Crippen LogP contribution in [0.4, 0.5) is 5.13 Å². The molecule has 1 fully saturated rings. The van der Waals surface area contributed by atoms with Gasteiger partial charge in [0.2, 0.25) is 15.9 Å². The number of amides is 1. The van der Waals surface area contributed by atoms with Crippen LogP contribution in [0, 0.1) is 5.92 Å². The van der Waals surface area contributed by atoms with Gasteiger partial charge in [-0.3, -0.25) is 4.79 Å². The lowest BCUT2D eigenvalue weighted by Gasteiger charge is -2.30. The van der Waals surface area contributed by atoms with Gasteiger partial charge in [-0.1, -0.05) is 41.9 Å². The van der Waals surface area contributed by atoms with Crippen molar-refractivity contribution in [1.29, 1.82) is 0 Å². The Morgan fingerprint density at radius 1 is 1.07 bits per heavy atom. The van der Waals surface area contributed by atoms with Crippen LogP contribution in [0.15, 0.2) is 64.9 Å². The van der Waals surface area contributed by atoms with Crippen LogP contribution >= 0.6 is 22.9 Å². The monoisotopic (exact) mass is 461 g/mol. The van der Waals surface area contributed by atoms with Gasteiger partial charge in [0.15, 0.2) is 5.13 Å². The molecule has 1 saturated heterocycles. The van der Waals surface area contributed by atoms with Gasteiger partial charge < -0.3 is 5.32 Å². The van der Waals surface area contributed by atoms with Crippen molar-refractivity contribution in [2.24, 2.45) is 5.92 Å². The van der Waals surface area contributed by atoms with Gasteiger partial charge in [0.25, 0.3) is 0 Å². The maximum Gasteiger partial charge on any atom is 0.243 e. The molecule has 0 saturated carbocycles. The molecule has 0 bridgehead atoms. The molecule has 0 radical (unpaired) electrons. The summed E-state index contributed by atoms with van der Waals surface area (Å²) in [6.07, 6.45) is 0.936. The molecule has 0 spiro atoms. The van der Waals surface area contributed by atoms with Gasteiger partial charge in [-0.25, -0.2) is 13.4 Å². The number of anilines is 1. The van der Waals surface area contributed by atoms with Crippen LogP contribution < -0.4 is 5.32 Å². The molecule has 6 nitrogen and oxygen atoms in total. The van der Waals surface area contributed by atoms with Crippen molar-refractivity contribution >= 4 is 44.0 Å². The molecule has 1 aromatic heterocycles. The number of benzene rings is 2. The third-order valence-corrected chi connectivity index (χ3v) is 8.00. The van der Waals surface area contributed by atoms with E-state index in [9.17, 15) is 13.2 Å². The van der Waals surface area contributed by atoms with E-state index in [0.29, 0.717) is 36.1 Å². The lowest BCUT2D eigenvalue weighted by Crippen LogP contribution is -2.41. The molecule has 4 rings (SSSR count). The highest BCUT2D eigenvalue weighted by Gasteiger charge is 2.32. The predicted octanol–water partition coefficient (Wildman–Crippen LogP) is 4.50. The second kappa shape index (κ2) is 8.85. The number of halogens is 1. The largest absolute Gasteiger partial charge is 0.302 e. The number of carbonyl (C=O) groups excluding carboxylic acids is 1. The van der Waals surface area contributed by atoms with E-state index < -0.39 is 10.0 Å². The van der Waals surface area contributed by atoms with Crippen LogP contribution in [-0.4, -0.2) is 36.7 Å². The maximum absolute atomic E-state index is 12.8. The van der Waals surface area contributed by atoms with Crippen molar-refractivity contribution in [3.63, 3.8) is 0 Å². The summed E-state index contributed by atoms with van der Waals surface area (Å²) in [5, 5.41) is 5.83. The summed E-state index contributed by atoms with van der Waals surface area (Å²) in [6.45, 7) is 0.604. The fourth-order valence-electron chi connectivity index (χ4n) is 3.39. The van der Waals surface area contributed by atoms with Gasteiger partial charge in [-0.05, 0) is 37.1 Å². The third kappa shape index (κ3) is 4.57. The average Bonchev–Trinajstić information content (AvgIpc) is 3.23. The minimum atomic E-state index is -3.58. The number of carbonyl (C=O) groups is 1. The first-order valence-electron chi connectivity index (χ1n) is 9.51. The first-order valence-corrected chi connectivity index (χ1v) is 12.2. The molecule has 1 amide bonds.